The number of methoxy groups -OCH3 is 1. The molecule has 0 spiro atoms. The second-order valence-electron chi connectivity index (χ2n) is 5.29. The van der Waals surface area contributed by atoms with Crippen molar-refractivity contribution in [3.63, 3.8) is 0 Å². The van der Waals surface area contributed by atoms with Crippen LogP contribution in [-0.2, 0) is 11.2 Å². The maximum absolute atomic E-state index is 11.1. The molecule has 1 aliphatic heterocycles. The van der Waals surface area contributed by atoms with Crippen molar-refractivity contribution in [3.8, 4) is 5.75 Å². The predicted octanol–water partition coefficient (Wildman–Crippen LogP) is 2.33. The molecule has 0 fully saturated rings. The average Bonchev–Trinajstić information content (AvgIpc) is 2.41. The molecule has 2 rings (SSSR count). The zero-order chi connectivity index (χ0) is 14.0. The van der Waals surface area contributed by atoms with Gasteiger partial charge < -0.3 is 9.84 Å². The SMILES string of the molecule is COc1ccc2c(c1)CCN(C)C2CC(C)C(=O)O. The zero-order valence-corrected chi connectivity index (χ0v) is 11.7. The van der Waals surface area contributed by atoms with Gasteiger partial charge in [-0.05, 0) is 43.1 Å². The van der Waals surface area contributed by atoms with Crippen LogP contribution >= 0.6 is 0 Å². The molecule has 19 heavy (non-hydrogen) atoms. The molecule has 0 saturated carbocycles. The molecule has 0 aliphatic carbocycles. The predicted molar refractivity (Wildman–Crippen MR) is 73.5 cm³/mol. The number of ether oxygens (including phenoxy) is 1. The van der Waals surface area contributed by atoms with Crippen molar-refractivity contribution in [1.29, 1.82) is 0 Å². The van der Waals surface area contributed by atoms with Crippen LogP contribution in [0.2, 0.25) is 0 Å². The smallest absolute Gasteiger partial charge is 0.306 e. The fourth-order valence-electron chi connectivity index (χ4n) is 2.68. The van der Waals surface area contributed by atoms with E-state index in [9.17, 15) is 4.79 Å². The van der Waals surface area contributed by atoms with Gasteiger partial charge in [0.05, 0.1) is 13.0 Å². The summed E-state index contributed by atoms with van der Waals surface area (Å²) in [7, 11) is 3.73. The van der Waals surface area contributed by atoms with Crippen LogP contribution in [0, 0.1) is 5.92 Å². The van der Waals surface area contributed by atoms with Gasteiger partial charge in [0.25, 0.3) is 0 Å². The maximum atomic E-state index is 11.1. The maximum Gasteiger partial charge on any atom is 0.306 e. The molecule has 104 valence electrons. The summed E-state index contributed by atoms with van der Waals surface area (Å²) in [6.45, 7) is 2.73. The summed E-state index contributed by atoms with van der Waals surface area (Å²) >= 11 is 0. The first kappa shape index (κ1) is 13.9. The molecule has 2 atom stereocenters. The Morgan fingerprint density at radius 1 is 1.58 bits per heavy atom. The molecule has 0 radical (unpaired) electrons. The molecule has 1 aromatic carbocycles. The highest BCUT2D eigenvalue weighted by Gasteiger charge is 2.28. The summed E-state index contributed by atoms with van der Waals surface area (Å²) in [5.41, 5.74) is 2.52. The van der Waals surface area contributed by atoms with Crippen LogP contribution in [0.25, 0.3) is 0 Å². The van der Waals surface area contributed by atoms with Gasteiger partial charge in [0.15, 0.2) is 0 Å². The minimum Gasteiger partial charge on any atom is -0.497 e. The first-order chi connectivity index (χ1) is 9.02. The number of nitrogens with zero attached hydrogens (tertiary/aromatic N) is 1. The quantitative estimate of drug-likeness (QED) is 0.906. The Labute approximate surface area is 114 Å². The van der Waals surface area contributed by atoms with Crippen molar-refractivity contribution in [2.75, 3.05) is 20.7 Å². The molecule has 4 nitrogen and oxygen atoms in total. The van der Waals surface area contributed by atoms with Gasteiger partial charge in [0.1, 0.15) is 5.75 Å². The Morgan fingerprint density at radius 2 is 2.32 bits per heavy atom. The van der Waals surface area contributed by atoms with Crippen LogP contribution < -0.4 is 4.74 Å². The Hall–Kier alpha value is -1.55. The molecule has 1 heterocycles. The standard InChI is InChI=1S/C15H21NO3/c1-10(15(17)18)8-14-13-5-4-12(19-3)9-11(13)6-7-16(14)2/h4-5,9-10,14H,6-8H2,1-3H3,(H,17,18). The molecule has 0 amide bonds. The Bertz CT molecular complexity index is 472. The zero-order valence-electron chi connectivity index (χ0n) is 11.7. The number of benzene rings is 1. The Balaban J connectivity index is 2.27. The van der Waals surface area contributed by atoms with Gasteiger partial charge in [-0.2, -0.15) is 0 Å². The van der Waals surface area contributed by atoms with Gasteiger partial charge >= 0.3 is 5.97 Å². The highest BCUT2D eigenvalue weighted by Crippen LogP contribution is 2.35. The normalized spacial score (nSPS) is 20.7. The number of hydrogen-bond donors (Lipinski definition) is 1. The van der Waals surface area contributed by atoms with E-state index >= 15 is 0 Å². The van der Waals surface area contributed by atoms with Gasteiger partial charge in [0, 0.05) is 12.6 Å². The monoisotopic (exact) mass is 263 g/mol. The van der Waals surface area contributed by atoms with Gasteiger partial charge in [-0.15, -0.1) is 0 Å². The van der Waals surface area contributed by atoms with Crippen molar-refractivity contribution in [3.05, 3.63) is 29.3 Å². The van der Waals surface area contributed by atoms with E-state index in [4.69, 9.17) is 9.84 Å². The molecule has 1 aromatic rings. The third kappa shape index (κ3) is 2.89. The van der Waals surface area contributed by atoms with Crippen LogP contribution in [0.5, 0.6) is 5.75 Å². The second kappa shape index (κ2) is 5.61. The van der Waals surface area contributed by atoms with E-state index < -0.39 is 5.97 Å². The minimum absolute atomic E-state index is 0.181. The summed E-state index contributed by atoms with van der Waals surface area (Å²) in [5.74, 6) is -0.192. The molecule has 1 aliphatic rings. The lowest BCUT2D eigenvalue weighted by Gasteiger charge is -2.35. The number of rotatable bonds is 4. The molecular formula is C15H21NO3. The fourth-order valence-corrected chi connectivity index (χ4v) is 2.68. The highest BCUT2D eigenvalue weighted by molar-refractivity contribution is 5.69. The van der Waals surface area contributed by atoms with E-state index in [0.717, 1.165) is 18.7 Å². The molecule has 0 aromatic heterocycles. The van der Waals surface area contributed by atoms with E-state index in [1.54, 1.807) is 14.0 Å². The third-order valence-corrected chi connectivity index (χ3v) is 3.97. The van der Waals surface area contributed by atoms with Gasteiger partial charge in [-0.3, -0.25) is 9.69 Å². The molecule has 0 bridgehead atoms. The van der Waals surface area contributed by atoms with E-state index in [1.165, 1.54) is 11.1 Å². The van der Waals surface area contributed by atoms with Crippen LogP contribution in [0.3, 0.4) is 0 Å². The van der Waals surface area contributed by atoms with Crippen LogP contribution in [0.15, 0.2) is 18.2 Å². The fraction of sp³-hybridized carbons (Fsp3) is 0.533. The number of carboxylic acid groups (broad SMARTS) is 1. The van der Waals surface area contributed by atoms with Crippen molar-refractivity contribution < 1.29 is 14.6 Å². The van der Waals surface area contributed by atoms with Crippen molar-refractivity contribution >= 4 is 5.97 Å². The molecular weight excluding hydrogens is 242 g/mol. The second-order valence-corrected chi connectivity index (χ2v) is 5.29. The highest BCUT2D eigenvalue weighted by atomic mass is 16.5. The largest absolute Gasteiger partial charge is 0.497 e. The van der Waals surface area contributed by atoms with Crippen LogP contribution in [0.1, 0.15) is 30.5 Å². The summed E-state index contributed by atoms with van der Waals surface area (Å²) in [4.78, 5) is 13.3. The Kier molecular flexibility index (Phi) is 4.10. The molecule has 1 N–H and O–H groups in total. The molecule has 4 heteroatoms. The molecule has 2 unspecified atom stereocenters. The van der Waals surface area contributed by atoms with E-state index in [-0.39, 0.29) is 12.0 Å². The topological polar surface area (TPSA) is 49.8 Å². The minimum atomic E-state index is -0.728. The van der Waals surface area contributed by atoms with Gasteiger partial charge in [-0.1, -0.05) is 13.0 Å². The van der Waals surface area contributed by atoms with Gasteiger partial charge in [-0.25, -0.2) is 0 Å². The summed E-state index contributed by atoms with van der Waals surface area (Å²) < 4.78 is 5.25. The lowest BCUT2D eigenvalue weighted by molar-refractivity contribution is -0.141. The Morgan fingerprint density at radius 3 is 2.95 bits per heavy atom. The van der Waals surface area contributed by atoms with Crippen LogP contribution in [-0.4, -0.2) is 36.7 Å². The lowest BCUT2D eigenvalue weighted by atomic mass is 9.87. The van der Waals surface area contributed by atoms with Gasteiger partial charge in [0.2, 0.25) is 0 Å². The number of fused-ring (bicyclic) bond motifs is 1. The molecule has 0 saturated heterocycles. The van der Waals surface area contributed by atoms with Crippen molar-refractivity contribution in [2.24, 2.45) is 5.92 Å². The number of carboxylic acids is 1. The number of carbonyl (C=O) groups is 1. The van der Waals surface area contributed by atoms with Crippen molar-refractivity contribution in [1.82, 2.24) is 4.90 Å². The summed E-state index contributed by atoms with van der Waals surface area (Å²) in [6, 6.07) is 6.28. The summed E-state index contributed by atoms with van der Waals surface area (Å²) in [6.07, 6.45) is 1.63. The van der Waals surface area contributed by atoms with Crippen molar-refractivity contribution in [2.45, 2.75) is 25.8 Å². The van der Waals surface area contributed by atoms with E-state index in [0.29, 0.717) is 6.42 Å². The van der Waals surface area contributed by atoms with E-state index in [1.807, 2.05) is 6.07 Å². The third-order valence-electron chi connectivity index (χ3n) is 3.97. The van der Waals surface area contributed by atoms with E-state index in [2.05, 4.69) is 24.1 Å². The average molecular weight is 263 g/mol. The number of hydrogen-bond acceptors (Lipinski definition) is 3. The summed E-state index contributed by atoms with van der Waals surface area (Å²) in [5, 5.41) is 9.09. The number of aliphatic carboxylic acids is 1. The lowest BCUT2D eigenvalue weighted by Crippen LogP contribution is -2.34. The first-order valence-electron chi connectivity index (χ1n) is 6.62. The number of likely N-dealkylation sites (N-methyl/N-ethyl adjacent to an activating group) is 1. The van der Waals surface area contributed by atoms with Crippen LogP contribution in [0.4, 0.5) is 0 Å². The first-order valence-corrected chi connectivity index (χ1v) is 6.62.